The molecule has 0 amide bonds. The van der Waals surface area contributed by atoms with E-state index < -0.39 is 0 Å². The minimum Gasteiger partial charge on any atom is -0.466 e. The van der Waals surface area contributed by atoms with Gasteiger partial charge in [0, 0.05) is 5.56 Å². The Balaban J connectivity index is 2.13. The molecule has 0 bridgehead atoms. The van der Waals surface area contributed by atoms with Gasteiger partial charge in [0.2, 0.25) is 0 Å². The van der Waals surface area contributed by atoms with Gasteiger partial charge in [-0.3, -0.25) is 5.84 Å². The SMILES string of the molecule is Cc1oc(C)c(C(NN)c2ccc3ccccc3c2)c1C. The van der Waals surface area contributed by atoms with Crippen molar-refractivity contribution in [1.82, 2.24) is 5.43 Å². The van der Waals surface area contributed by atoms with Gasteiger partial charge in [0.15, 0.2) is 0 Å². The zero-order valence-corrected chi connectivity index (χ0v) is 12.6. The number of rotatable bonds is 3. The maximum Gasteiger partial charge on any atom is 0.106 e. The fraction of sp³-hybridized carbons (Fsp3) is 0.222. The maximum absolute atomic E-state index is 5.84. The summed E-state index contributed by atoms with van der Waals surface area (Å²) in [5.74, 6) is 7.70. The first-order valence-electron chi connectivity index (χ1n) is 7.13. The molecule has 21 heavy (non-hydrogen) atoms. The van der Waals surface area contributed by atoms with Gasteiger partial charge in [-0.25, -0.2) is 5.43 Å². The first-order valence-corrected chi connectivity index (χ1v) is 7.13. The maximum atomic E-state index is 5.84. The van der Waals surface area contributed by atoms with Gasteiger partial charge < -0.3 is 4.42 Å². The van der Waals surface area contributed by atoms with Crippen molar-refractivity contribution in [2.24, 2.45) is 5.84 Å². The van der Waals surface area contributed by atoms with Crippen LogP contribution in [-0.4, -0.2) is 0 Å². The summed E-state index contributed by atoms with van der Waals surface area (Å²) in [6, 6.07) is 14.7. The van der Waals surface area contributed by atoms with Gasteiger partial charge in [0.05, 0.1) is 6.04 Å². The largest absolute Gasteiger partial charge is 0.466 e. The fourth-order valence-corrected chi connectivity index (χ4v) is 2.97. The summed E-state index contributed by atoms with van der Waals surface area (Å²) in [6.45, 7) is 6.05. The molecule has 3 N–H and O–H groups in total. The summed E-state index contributed by atoms with van der Waals surface area (Å²) < 4.78 is 5.74. The van der Waals surface area contributed by atoms with Gasteiger partial charge in [-0.15, -0.1) is 0 Å². The van der Waals surface area contributed by atoms with Crippen LogP contribution in [0.4, 0.5) is 0 Å². The number of furan rings is 1. The minimum atomic E-state index is -0.0629. The Morgan fingerprint density at radius 1 is 0.952 bits per heavy atom. The first-order chi connectivity index (χ1) is 10.1. The molecule has 0 aliphatic rings. The molecule has 0 saturated heterocycles. The van der Waals surface area contributed by atoms with Crippen LogP contribution in [0.2, 0.25) is 0 Å². The molecule has 108 valence electrons. The van der Waals surface area contributed by atoms with Gasteiger partial charge >= 0.3 is 0 Å². The summed E-state index contributed by atoms with van der Waals surface area (Å²) >= 11 is 0. The highest BCUT2D eigenvalue weighted by Crippen LogP contribution is 2.32. The summed E-state index contributed by atoms with van der Waals surface area (Å²) in [5, 5.41) is 2.44. The molecule has 1 heterocycles. The van der Waals surface area contributed by atoms with E-state index in [1.54, 1.807) is 0 Å². The van der Waals surface area contributed by atoms with Gasteiger partial charge in [-0.2, -0.15) is 0 Å². The Kier molecular flexibility index (Phi) is 3.53. The molecule has 0 spiro atoms. The van der Waals surface area contributed by atoms with Crippen LogP contribution in [0.5, 0.6) is 0 Å². The van der Waals surface area contributed by atoms with Crippen LogP contribution in [0, 0.1) is 20.8 Å². The van der Waals surface area contributed by atoms with E-state index in [-0.39, 0.29) is 6.04 Å². The van der Waals surface area contributed by atoms with Crippen LogP contribution in [0.3, 0.4) is 0 Å². The minimum absolute atomic E-state index is 0.0629. The molecule has 2 aromatic carbocycles. The molecule has 3 aromatic rings. The van der Waals surface area contributed by atoms with E-state index in [1.807, 2.05) is 13.8 Å². The number of nitrogens with two attached hydrogens (primary N) is 1. The van der Waals surface area contributed by atoms with Crippen molar-refractivity contribution < 1.29 is 4.42 Å². The van der Waals surface area contributed by atoms with Gasteiger partial charge in [0.1, 0.15) is 11.5 Å². The second kappa shape index (κ2) is 5.35. The topological polar surface area (TPSA) is 51.2 Å². The Morgan fingerprint density at radius 3 is 2.29 bits per heavy atom. The van der Waals surface area contributed by atoms with E-state index in [2.05, 4.69) is 54.8 Å². The first kappa shape index (κ1) is 13.9. The number of aryl methyl sites for hydroxylation is 2. The number of benzene rings is 2. The lowest BCUT2D eigenvalue weighted by Gasteiger charge is -2.18. The highest BCUT2D eigenvalue weighted by Gasteiger charge is 2.21. The fourth-order valence-electron chi connectivity index (χ4n) is 2.97. The second-order valence-electron chi connectivity index (χ2n) is 5.46. The molecule has 0 saturated carbocycles. The molecular formula is C18H20N2O. The van der Waals surface area contributed by atoms with Crippen LogP contribution < -0.4 is 11.3 Å². The highest BCUT2D eigenvalue weighted by molar-refractivity contribution is 5.83. The summed E-state index contributed by atoms with van der Waals surface area (Å²) in [6.07, 6.45) is 0. The third-order valence-corrected chi connectivity index (χ3v) is 4.18. The standard InChI is InChI=1S/C18H20N2O/c1-11-12(2)21-13(3)17(11)18(20-19)16-9-8-14-6-4-5-7-15(14)10-16/h4-10,18,20H,19H2,1-3H3. The summed E-state index contributed by atoms with van der Waals surface area (Å²) in [5.41, 5.74) is 6.36. The van der Waals surface area contributed by atoms with E-state index in [9.17, 15) is 0 Å². The number of hydrogen-bond donors (Lipinski definition) is 2. The van der Waals surface area contributed by atoms with E-state index in [0.717, 1.165) is 28.2 Å². The zero-order valence-electron chi connectivity index (χ0n) is 12.6. The smallest absolute Gasteiger partial charge is 0.106 e. The van der Waals surface area contributed by atoms with Crippen molar-refractivity contribution in [1.29, 1.82) is 0 Å². The lowest BCUT2D eigenvalue weighted by Crippen LogP contribution is -2.29. The van der Waals surface area contributed by atoms with E-state index >= 15 is 0 Å². The third-order valence-electron chi connectivity index (χ3n) is 4.18. The summed E-state index contributed by atoms with van der Waals surface area (Å²) in [7, 11) is 0. The molecular weight excluding hydrogens is 260 g/mol. The Bertz CT molecular complexity index is 789. The van der Waals surface area contributed by atoms with Crippen LogP contribution >= 0.6 is 0 Å². The second-order valence-corrected chi connectivity index (χ2v) is 5.46. The molecule has 1 aromatic heterocycles. The molecule has 0 fully saturated rings. The predicted molar refractivity (Wildman–Crippen MR) is 86.0 cm³/mol. The third kappa shape index (κ3) is 2.35. The predicted octanol–water partition coefficient (Wildman–Crippen LogP) is 3.91. The number of fused-ring (bicyclic) bond motifs is 1. The lowest BCUT2D eigenvalue weighted by molar-refractivity contribution is 0.494. The average molecular weight is 280 g/mol. The zero-order chi connectivity index (χ0) is 15.0. The Labute approximate surface area is 124 Å². The van der Waals surface area contributed by atoms with Gasteiger partial charge in [-0.05, 0) is 48.7 Å². The van der Waals surface area contributed by atoms with Gasteiger partial charge in [0.25, 0.3) is 0 Å². The Hall–Kier alpha value is -2.10. The van der Waals surface area contributed by atoms with Crippen molar-refractivity contribution in [3.8, 4) is 0 Å². The van der Waals surface area contributed by atoms with Crippen LogP contribution in [0.25, 0.3) is 10.8 Å². The normalized spacial score (nSPS) is 12.8. The van der Waals surface area contributed by atoms with Crippen molar-refractivity contribution in [3.05, 3.63) is 70.7 Å². The van der Waals surface area contributed by atoms with Crippen molar-refractivity contribution in [2.45, 2.75) is 26.8 Å². The number of hydrazine groups is 1. The molecule has 1 unspecified atom stereocenters. The quantitative estimate of drug-likeness (QED) is 0.565. The van der Waals surface area contributed by atoms with Crippen molar-refractivity contribution in [2.75, 3.05) is 0 Å². The number of nitrogens with one attached hydrogen (secondary N) is 1. The molecule has 3 nitrogen and oxygen atoms in total. The molecule has 1 atom stereocenters. The van der Waals surface area contributed by atoms with Crippen LogP contribution in [0.1, 0.15) is 34.3 Å². The molecule has 3 rings (SSSR count). The Morgan fingerprint density at radius 2 is 1.67 bits per heavy atom. The van der Waals surface area contributed by atoms with Crippen LogP contribution in [-0.2, 0) is 0 Å². The average Bonchev–Trinajstić information content (AvgIpc) is 2.74. The van der Waals surface area contributed by atoms with E-state index in [4.69, 9.17) is 10.3 Å². The molecule has 0 aliphatic carbocycles. The van der Waals surface area contributed by atoms with Crippen molar-refractivity contribution >= 4 is 10.8 Å². The number of hydrogen-bond acceptors (Lipinski definition) is 3. The molecule has 3 heteroatoms. The lowest BCUT2D eigenvalue weighted by atomic mass is 9.94. The highest BCUT2D eigenvalue weighted by atomic mass is 16.3. The van der Waals surface area contributed by atoms with Crippen LogP contribution in [0.15, 0.2) is 46.9 Å². The van der Waals surface area contributed by atoms with E-state index in [0.29, 0.717) is 0 Å². The molecule has 0 radical (unpaired) electrons. The summed E-state index contributed by atoms with van der Waals surface area (Å²) in [4.78, 5) is 0. The van der Waals surface area contributed by atoms with Crippen molar-refractivity contribution in [3.63, 3.8) is 0 Å². The van der Waals surface area contributed by atoms with Gasteiger partial charge in [-0.1, -0.05) is 36.4 Å². The molecule has 0 aliphatic heterocycles. The monoisotopic (exact) mass is 280 g/mol. The van der Waals surface area contributed by atoms with E-state index in [1.165, 1.54) is 10.8 Å².